The second-order valence-corrected chi connectivity index (χ2v) is 4.32. The van der Waals surface area contributed by atoms with Gasteiger partial charge in [0.15, 0.2) is 0 Å². The van der Waals surface area contributed by atoms with Crippen molar-refractivity contribution in [2.45, 2.75) is 13.5 Å². The first kappa shape index (κ1) is 14.1. The minimum Gasteiger partial charge on any atom is -0.487 e. The number of rotatable bonds is 3. The molecular formula is C15H15FN2O2. The van der Waals surface area contributed by atoms with Gasteiger partial charge in [0.1, 0.15) is 24.8 Å². The summed E-state index contributed by atoms with van der Waals surface area (Å²) in [7, 11) is 1.83. The molecule has 104 valence electrons. The Bertz CT molecular complexity index is 668. The highest BCUT2D eigenvalue weighted by atomic mass is 19.1. The summed E-state index contributed by atoms with van der Waals surface area (Å²) in [5.41, 5.74) is 2.27. The van der Waals surface area contributed by atoms with Crippen LogP contribution in [0.3, 0.4) is 0 Å². The van der Waals surface area contributed by atoms with Gasteiger partial charge in [-0.05, 0) is 25.1 Å². The molecule has 0 amide bonds. The Morgan fingerprint density at radius 2 is 2.15 bits per heavy atom. The summed E-state index contributed by atoms with van der Waals surface area (Å²) in [5.74, 6) is 5.10. The molecule has 0 aliphatic rings. The van der Waals surface area contributed by atoms with Crippen molar-refractivity contribution in [2.75, 3.05) is 6.61 Å². The largest absolute Gasteiger partial charge is 0.487 e. The SMILES string of the molecule is Cc1cc(COc2cc(F)cc(C#CCO)c2)n(C)n1. The fourth-order valence-electron chi connectivity index (χ4n) is 1.82. The molecule has 2 rings (SSSR count). The minimum absolute atomic E-state index is 0.263. The molecule has 4 nitrogen and oxygen atoms in total. The third-order valence-corrected chi connectivity index (χ3v) is 2.67. The van der Waals surface area contributed by atoms with Gasteiger partial charge in [-0.2, -0.15) is 5.10 Å². The highest BCUT2D eigenvalue weighted by Crippen LogP contribution is 2.17. The molecule has 0 fully saturated rings. The predicted molar refractivity (Wildman–Crippen MR) is 72.6 cm³/mol. The quantitative estimate of drug-likeness (QED) is 0.868. The second kappa shape index (κ2) is 6.22. The van der Waals surface area contributed by atoms with E-state index >= 15 is 0 Å². The smallest absolute Gasteiger partial charge is 0.130 e. The summed E-state index contributed by atoms with van der Waals surface area (Å²) in [6.45, 7) is 1.93. The molecule has 0 unspecified atom stereocenters. The van der Waals surface area contributed by atoms with E-state index in [1.165, 1.54) is 12.1 Å². The van der Waals surface area contributed by atoms with Crippen LogP contribution in [0.25, 0.3) is 0 Å². The van der Waals surface area contributed by atoms with E-state index in [1.54, 1.807) is 10.7 Å². The zero-order valence-corrected chi connectivity index (χ0v) is 11.4. The van der Waals surface area contributed by atoms with E-state index in [0.29, 0.717) is 17.9 Å². The molecular weight excluding hydrogens is 259 g/mol. The fraction of sp³-hybridized carbons (Fsp3) is 0.267. The van der Waals surface area contributed by atoms with Crippen molar-refractivity contribution in [3.8, 4) is 17.6 Å². The average molecular weight is 274 g/mol. The minimum atomic E-state index is -0.425. The Kier molecular flexibility index (Phi) is 4.38. The molecule has 0 aliphatic carbocycles. The topological polar surface area (TPSA) is 47.3 Å². The third-order valence-electron chi connectivity index (χ3n) is 2.67. The maximum atomic E-state index is 13.4. The van der Waals surface area contributed by atoms with Crippen LogP contribution in [0, 0.1) is 24.6 Å². The molecule has 2 aromatic rings. The maximum absolute atomic E-state index is 13.4. The number of ether oxygens (including phenoxy) is 1. The molecule has 1 aromatic carbocycles. The summed E-state index contributed by atoms with van der Waals surface area (Å²) in [4.78, 5) is 0. The highest BCUT2D eigenvalue weighted by molar-refractivity contribution is 5.40. The first-order chi connectivity index (χ1) is 9.58. The Labute approximate surface area is 116 Å². The Balaban J connectivity index is 2.13. The van der Waals surface area contributed by atoms with Gasteiger partial charge in [0.25, 0.3) is 0 Å². The van der Waals surface area contributed by atoms with Crippen LogP contribution in [0.2, 0.25) is 0 Å². The van der Waals surface area contributed by atoms with Crippen LogP contribution in [-0.4, -0.2) is 21.5 Å². The molecule has 5 heteroatoms. The van der Waals surface area contributed by atoms with E-state index in [1.807, 2.05) is 20.0 Å². The van der Waals surface area contributed by atoms with Crippen LogP contribution in [-0.2, 0) is 13.7 Å². The normalized spacial score (nSPS) is 10.0. The van der Waals surface area contributed by atoms with E-state index in [-0.39, 0.29) is 6.61 Å². The van der Waals surface area contributed by atoms with Crippen molar-refractivity contribution in [2.24, 2.45) is 7.05 Å². The Morgan fingerprint density at radius 3 is 2.80 bits per heavy atom. The molecule has 0 aliphatic heterocycles. The molecule has 1 aromatic heterocycles. The summed E-state index contributed by atoms with van der Waals surface area (Å²) in [6, 6.07) is 6.14. The molecule has 1 N–H and O–H groups in total. The van der Waals surface area contributed by atoms with Crippen LogP contribution < -0.4 is 4.74 Å². The summed E-state index contributed by atoms with van der Waals surface area (Å²) in [6.07, 6.45) is 0. The number of aromatic nitrogens is 2. The highest BCUT2D eigenvalue weighted by Gasteiger charge is 2.05. The van der Waals surface area contributed by atoms with Crippen molar-refractivity contribution in [3.05, 3.63) is 47.0 Å². The third kappa shape index (κ3) is 3.59. The van der Waals surface area contributed by atoms with Crippen LogP contribution in [0.5, 0.6) is 5.75 Å². The molecule has 0 atom stereocenters. The number of aryl methyl sites for hydroxylation is 2. The van der Waals surface area contributed by atoms with E-state index in [2.05, 4.69) is 16.9 Å². The monoisotopic (exact) mass is 274 g/mol. The maximum Gasteiger partial charge on any atom is 0.130 e. The van der Waals surface area contributed by atoms with E-state index in [4.69, 9.17) is 9.84 Å². The first-order valence-electron chi connectivity index (χ1n) is 6.11. The number of hydrogen-bond donors (Lipinski definition) is 1. The van der Waals surface area contributed by atoms with Gasteiger partial charge in [-0.25, -0.2) is 4.39 Å². The molecule has 0 spiro atoms. The Hall–Kier alpha value is -2.32. The number of hydrogen-bond acceptors (Lipinski definition) is 3. The first-order valence-corrected chi connectivity index (χ1v) is 6.11. The molecule has 0 saturated carbocycles. The number of halogens is 1. The molecule has 0 saturated heterocycles. The van der Waals surface area contributed by atoms with Crippen molar-refractivity contribution in [1.82, 2.24) is 9.78 Å². The fourth-order valence-corrected chi connectivity index (χ4v) is 1.82. The molecule has 1 heterocycles. The van der Waals surface area contributed by atoms with Crippen molar-refractivity contribution in [3.63, 3.8) is 0 Å². The zero-order chi connectivity index (χ0) is 14.5. The number of nitrogens with zero attached hydrogens (tertiary/aromatic N) is 2. The van der Waals surface area contributed by atoms with Gasteiger partial charge in [-0.3, -0.25) is 4.68 Å². The lowest BCUT2D eigenvalue weighted by Gasteiger charge is -2.07. The number of aliphatic hydroxyl groups excluding tert-OH is 1. The van der Waals surface area contributed by atoms with Crippen LogP contribution in [0.1, 0.15) is 17.0 Å². The van der Waals surface area contributed by atoms with Crippen LogP contribution in [0.4, 0.5) is 4.39 Å². The van der Waals surface area contributed by atoms with E-state index < -0.39 is 5.82 Å². The standard InChI is InChI=1S/C15H15FN2O2/c1-11-6-14(18(2)17-11)10-20-15-8-12(4-3-5-19)7-13(16)9-15/h6-9,19H,5,10H2,1-2H3. The average Bonchev–Trinajstić information content (AvgIpc) is 2.72. The van der Waals surface area contributed by atoms with E-state index in [9.17, 15) is 4.39 Å². The van der Waals surface area contributed by atoms with Gasteiger partial charge in [-0.1, -0.05) is 11.8 Å². The van der Waals surface area contributed by atoms with Gasteiger partial charge >= 0.3 is 0 Å². The lowest BCUT2D eigenvalue weighted by Crippen LogP contribution is -2.03. The van der Waals surface area contributed by atoms with Gasteiger partial charge < -0.3 is 9.84 Å². The lowest BCUT2D eigenvalue weighted by atomic mass is 10.2. The second-order valence-electron chi connectivity index (χ2n) is 4.32. The van der Waals surface area contributed by atoms with Crippen molar-refractivity contribution in [1.29, 1.82) is 0 Å². The molecule has 0 radical (unpaired) electrons. The lowest BCUT2D eigenvalue weighted by molar-refractivity contribution is 0.293. The Morgan fingerprint density at radius 1 is 1.35 bits per heavy atom. The molecule has 20 heavy (non-hydrogen) atoms. The number of benzene rings is 1. The van der Waals surface area contributed by atoms with Crippen molar-refractivity contribution >= 4 is 0 Å². The van der Waals surface area contributed by atoms with Crippen LogP contribution in [0.15, 0.2) is 24.3 Å². The predicted octanol–water partition coefficient (Wildman–Crippen LogP) is 1.79. The summed E-state index contributed by atoms with van der Waals surface area (Å²) < 4.78 is 20.7. The number of aliphatic hydroxyl groups is 1. The van der Waals surface area contributed by atoms with Gasteiger partial charge in [0.2, 0.25) is 0 Å². The molecule has 0 bridgehead atoms. The van der Waals surface area contributed by atoms with Gasteiger partial charge in [-0.15, -0.1) is 0 Å². The van der Waals surface area contributed by atoms with Crippen LogP contribution >= 0.6 is 0 Å². The van der Waals surface area contributed by atoms with Gasteiger partial charge in [0, 0.05) is 18.7 Å². The van der Waals surface area contributed by atoms with Crippen molar-refractivity contribution < 1.29 is 14.2 Å². The summed E-state index contributed by atoms with van der Waals surface area (Å²) >= 11 is 0. The zero-order valence-electron chi connectivity index (χ0n) is 11.4. The van der Waals surface area contributed by atoms with Gasteiger partial charge in [0.05, 0.1) is 11.4 Å². The van der Waals surface area contributed by atoms with E-state index in [0.717, 1.165) is 11.4 Å². The summed E-state index contributed by atoms with van der Waals surface area (Å²) in [5, 5.41) is 12.9.